The summed E-state index contributed by atoms with van der Waals surface area (Å²) in [6.07, 6.45) is 0. The lowest BCUT2D eigenvalue weighted by Crippen LogP contribution is -2.46. The number of halogens is 1. The van der Waals surface area contributed by atoms with Gasteiger partial charge in [-0.2, -0.15) is 0 Å². The van der Waals surface area contributed by atoms with Crippen molar-refractivity contribution < 1.29 is 23.8 Å². The van der Waals surface area contributed by atoms with Gasteiger partial charge in [-0.3, -0.25) is 0 Å². The van der Waals surface area contributed by atoms with Gasteiger partial charge in [-0.05, 0) is 24.6 Å². The Labute approximate surface area is 137 Å². The maximum Gasteiger partial charge on any atom is 0.338 e. The SMILES string of the molecule is CCOC(=O)C1=C(CCl)NC(=O)N[C@@H]1c1ccc2c(c1)OCO2. The molecular formula is C15H15ClN2O5. The van der Waals surface area contributed by atoms with Gasteiger partial charge in [-0.25, -0.2) is 9.59 Å². The molecule has 2 aliphatic rings. The van der Waals surface area contributed by atoms with Gasteiger partial charge in [-0.1, -0.05) is 6.07 Å². The van der Waals surface area contributed by atoms with Gasteiger partial charge in [0.25, 0.3) is 0 Å². The minimum atomic E-state index is -0.675. The van der Waals surface area contributed by atoms with Gasteiger partial charge in [0.05, 0.1) is 24.1 Å². The Balaban J connectivity index is 2.03. The first kappa shape index (κ1) is 15.5. The van der Waals surface area contributed by atoms with E-state index in [1.807, 2.05) is 0 Å². The van der Waals surface area contributed by atoms with Crippen LogP contribution in [0.3, 0.4) is 0 Å². The Hall–Kier alpha value is -2.41. The fourth-order valence-corrected chi connectivity index (χ4v) is 2.73. The summed E-state index contributed by atoms with van der Waals surface area (Å²) in [6.45, 7) is 2.08. The van der Waals surface area contributed by atoms with Crippen molar-refractivity contribution in [3.63, 3.8) is 0 Å². The second kappa shape index (κ2) is 6.37. The molecular weight excluding hydrogens is 324 g/mol. The topological polar surface area (TPSA) is 85.9 Å². The summed E-state index contributed by atoms with van der Waals surface area (Å²) >= 11 is 5.88. The number of hydrogen-bond donors (Lipinski definition) is 2. The van der Waals surface area contributed by atoms with Gasteiger partial charge in [-0.15, -0.1) is 11.6 Å². The number of fused-ring (bicyclic) bond motifs is 1. The predicted octanol–water partition coefficient (Wildman–Crippen LogP) is 1.83. The van der Waals surface area contributed by atoms with Crippen LogP contribution in [0.25, 0.3) is 0 Å². The summed E-state index contributed by atoms with van der Waals surface area (Å²) in [4.78, 5) is 24.2. The summed E-state index contributed by atoms with van der Waals surface area (Å²) in [7, 11) is 0. The van der Waals surface area contributed by atoms with E-state index >= 15 is 0 Å². The normalized spacial score (nSPS) is 19.2. The van der Waals surface area contributed by atoms with Crippen LogP contribution in [-0.2, 0) is 9.53 Å². The van der Waals surface area contributed by atoms with Gasteiger partial charge in [0.1, 0.15) is 0 Å². The number of amides is 2. The summed E-state index contributed by atoms with van der Waals surface area (Å²) in [6, 6.07) is 4.11. The molecule has 0 saturated heterocycles. The van der Waals surface area contributed by atoms with E-state index in [1.165, 1.54) is 0 Å². The average Bonchev–Trinajstić information content (AvgIpc) is 3.01. The zero-order chi connectivity index (χ0) is 16.4. The monoisotopic (exact) mass is 338 g/mol. The number of hydrogen-bond acceptors (Lipinski definition) is 5. The maximum absolute atomic E-state index is 12.3. The van der Waals surface area contributed by atoms with E-state index in [4.69, 9.17) is 25.8 Å². The molecule has 0 fully saturated rings. The fraction of sp³-hybridized carbons (Fsp3) is 0.333. The maximum atomic E-state index is 12.3. The van der Waals surface area contributed by atoms with Gasteiger partial charge in [0.15, 0.2) is 11.5 Å². The lowest BCUT2D eigenvalue weighted by molar-refractivity contribution is -0.139. The third-order valence-corrected chi connectivity index (χ3v) is 3.78. The van der Waals surface area contributed by atoms with Gasteiger partial charge in [0, 0.05) is 5.70 Å². The molecule has 8 heteroatoms. The van der Waals surface area contributed by atoms with Gasteiger partial charge in [0.2, 0.25) is 6.79 Å². The molecule has 0 spiro atoms. The lowest BCUT2D eigenvalue weighted by atomic mass is 9.95. The predicted molar refractivity (Wildman–Crippen MR) is 81.4 cm³/mol. The van der Waals surface area contributed by atoms with Crippen molar-refractivity contribution in [2.75, 3.05) is 19.3 Å². The van der Waals surface area contributed by atoms with E-state index < -0.39 is 18.0 Å². The molecule has 7 nitrogen and oxygen atoms in total. The molecule has 122 valence electrons. The van der Waals surface area contributed by atoms with E-state index in [2.05, 4.69) is 10.6 Å². The average molecular weight is 339 g/mol. The number of benzene rings is 1. The molecule has 2 amide bonds. The van der Waals surface area contributed by atoms with Crippen LogP contribution in [-0.4, -0.2) is 31.3 Å². The first-order valence-corrected chi connectivity index (χ1v) is 7.60. The third-order valence-electron chi connectivity index (χ3n) is 3.51. The van der Waals surface area contributed by atoms with Crippen molar-refractivity contribution in [2.45, 2.75) is 13.0 Å². The van der Waals surface area contributed by atoms with Crippen molar-refractivity contribution in [3.05, 3.63) is 35.0 Å². The lowest BCUT2D eigenvalue weighted by Gasteiger charge is -2.28. The van der Waals surface area contributed by atoms with Gasteiger partial charge < -0.3 is 24.8 Å². The Bertz CT molecular complexity index is 688. The zero-order valence-corrected chi connectivity index (χ0v) is 13.1. The molecule has 1 atom stereocenters. The van der Waals surface area contributed by atoms with Crippen LogP contribution in [0.1, 0.15) is 18.5 Å². The quantitative estimate of drug-likeness (QED) is 0.646. The number of urea groups is 1. The highest BCUT2D eigenvalue weighted by Gasteiger charge is 2.34. The van der Waals surface area contributed by atoms with Crippen molar-refractivity contribution in [1.82, 2.24) is 10.6 Å². The van der Waals surface area contributed by atoms with Crippen molar-refractivity contribution >= 4 is 23.6 Å². The van der Waals surface area contributed by atoms with Crippen LogP contribution in [0.5, 0.6) is 11.5 Å². The van der Waals surface area contributed by atoms with Crippen molar-refractivity contribution in [1.29, 1.82) is 0 Å². The Morgan fingerprint density at radius 3 is 2.91 bits per heavy atom. The Kier molecular flexibility index (Phi) is 4.29. The molecule has 2 aliphatic heterocycles. The number of rotatable bonds is 4. The van der Waals surface area contributed by atoms with Crippen molar-refractivity contribution in [2.24, 2.45) is 0 Å². The number of carbonyl (C=O) groups excluding carboxylic acids is 2. The Morgan fingerprint density at radius 2 is 2.17 bits per heavy atom. The Morgan fingerprint density at radius 1 is 1.39 bits per heavy atom. The standard InChI is InChI=1S/C15H15ClN2O5/c1-2-21-14(19)12-9(6-16)17-15(20)18-13(12)8-3-4-10-11(5-8)23-7-22-10/h3-5,13H,2,6-7H2,1H3,(H2,17,18,20)/t13-/m1/s1. The van der Waals surface area contributed by atoms with Gasteiger partial charge >= 0.3 is 12.0 Å². The molecule has 0 aliphatic carbocycles. The largest absolute Gasteiger partial charge is 0.463 e. The van der Waals surface area contributed by atoms with Crippen LogP contribution in [0.4, 0.5) is 4.79 Å². The van der Waals surface area contributed by atoms with Crippen LogP contribution in [0, 0.1) is 0 Å². The molecule has 23 heavy (non-hydrogen) atoms. The minimum absolute atomic E-state index is 0.0113. The molecule has 1 aromatic carbocycles. The molecule has 1 aromatic rings. The second-order valence-electron chi connectivity index (χ2n) is 4.89. The van der Waals surface area contributed by atoms with Crippen molar-refractivity contribution in [3.8, 4) is 11.5 Å². The van der Waals surface area contributed by atoms with Crippen LogP contribution in [0.15, 0.2) is 29.5 Å². The van der Waals surface area contributed by atoms with E-state index in [1.54, 1.807) is 25.1 Å². The van der Waals surface area contributed by atoms with Crippen LogP contribution >= 0.6 is 11.6 Å². The molecule has 2 N–H and O–H groups in total. The smallest absolute Gasteiger partial charge is 0.338 e. The first-order valence-electron chi connectivity index (χ1n) is 7.07. The number of esters is 1. The van der Waals surface area contributed by atoms with E-state index in [0.717, 1.165) is 0 Å². The summed E-state index contributed by atoms with van der Waals surface area (Å²) in [5, 5.41) is 5.26. The molecule has 0 bridgehead atoms. The second-order valence-corrected chi connectivity index (χ2v) is 5.16. The van der Waals surface area contributed by atoms with E-state index in [9.17, 15) is 9.59 Å². The van der Waals surface area contributed by atoms with Crippen LogP contribution in [0.2, 0.25) is 0 Å². The number of nitrogens with one attached hydrogen (secondary N) is 2. The molecule has 0 saturated carbocycles. The number of carbonyl (C=O) groups is 2. The number of ether oxygens (including phenoxy) is 3. The van der Waals surface area contributed by atoms with E-state index in [-0.39, 0.29) is 24.9 Å². The molecule has 0 unspecified atom stereocenters. The highest BCUT2D eigenvalue weighted by Crippen LogP contribution is 2.37. The molecule has 2 heterocycles. The fourth-order valence-electron chi connectivity index (χ4n) is 2.52. The molecule has 0 radical (unpaired) electrons. The zero-order valence-electron chi connectivity index (χ0n) is 12.3. The van der Waals surface area contributed by atoms with Crippen LogP contribution < -0.4 is 20.1 Å². The van der Waals surface area contributed by atoms with E-state index in [0.29, 0.717) is 22.8 Å². The summed E-state index contributed by atoms with van der Waals surface area (Å²) in [5.74, 6) is 0.639. The number of alkyl halides is 1. The minimum Gasteiger partial charge on any atom is -0.463 e. The first-order chi connectivity index (χ1) is 11.1. The molecule has 0 aromatic heterocycles. The third kappa shape index (κ3) is 2.92. The molecule has 3 rings (SSSR count). The number of allylic oxidation sites excluding steroid dienone is 1. The summed E-state index contributed by atoms with van der Waals surface area (Å²) < 4.78 is 15.7. The highest BCUT2D eigenvalue weighted by molar-refractivity contribution is 6.20. The summed E-state index contributed by atoms with van der Waals surface area (Å²) in [5.41, 5.74) is 1.28. The highest BCUT2D eigenvalue weighted by atomic mass is 35.5.